The summed E-state index contributed by atoms with van der Waals surface area (Å²) in [5.41, 5.74) is 3.15. The van der Waals surface area contributed by atoms with Crippen LogP contribution in [-0.4, -0.2) is 31.6 Å². The van der Waals surface area contributed by atoms with E-state index in [9.17, 15) is 0 Å². The van der Waals surface area contributed by atoms with Crippen LogP contribution in [-0.2, 0) is 6.42 Å². The first-order chi connectivity index (χ1) is 9.78. The van der Waals surface area contributed by atoms with Crippen LogP contribution in [0.1, 0.15) is 31.2 Å². The minimum atomic E-state index is 0.670. The standard InChI is InChI=1S/C18H25NO/c1-19-12-11-15-5-3-4-6-17(15)18(19)13-14-7-9-16(20-2)10-8-14/h7-11,17-18H,3-6,12-13H2,1-2H3. The Morgan fingerprint density at radius 3 is 2.75 bits per heavy atom. The molecule has 0 saturated heterocycles. The predicted octanol–water partition coefficient (Wildman–Crippen LogP) is 3.67. The largest absolute Gasteiger partial charge is 0.497 e. The molecule has 0 spiro atoms. The molecule has 1 heterocycles. The van der Waals surface area contributed by atoms with Crippen molar-refractivity contribution in [1.29, 1.82) is 0 Å². The van der Waals surface area contributed by atoms with Crippen molar-refractivity contribution >= 4 is 0 Å². The number of hydrogen-bond donors (Lipinski definition) is 0. The second kappa shape index (κ2) is 6.01. The van der Waals surface area contributed by atoms with Crippen molar-refractivity contribution in [2.75, 3.05) is 20.7 Å². The number of ether oxygens (including phenoxy) is 1. The summed E-state index contributed by atoms with van der Waals surface area (Å²) in [6.45, 7) is 1.12. The van der Waals surface area contributed by atoms with E-state index in [4.69, 9.17) is 4.74 Å². The van der Waals surface area contributed by atoms with E-state index >= 15 is 0 Å². The van der Waals surface area contributed by atoms with Gasteiger partial charge >= 0.3 is 0 Å². The molecule has 2 nitrogen and oxygen atoms in total. The first-order valence-corrected chi connectivity index (χ1v) is 7.80. The van der Waals surface area contributed by atoms with Crippen LogP contribution in [0.25, 0.3) is 0 Å². The van der Waals surface area contributed by atoms with Gasteiger partial charge in [-0.15, -0.1) is 0 Å². The molecule has 1 aromatic rings. The Kier molecular flexibility index (Phi) is 4.11. The number of rotatable bonds is 3. The molecule has 0 amide bonds. The molecule has 0 aromatic heterocycles. The lowest BCUT2D eigenvalue weighted by Crippen LogP contribution is -2.44. The average Bonchev–Trinajstić information content (AvgIpc) is 2.51. The first kappa shape index (κ1) is 13.7. The molecule has 2 heteroatoms. The van der Waals surface area contributed by atoms with Gasteiger partial charge in [0.05, 0.1) is 7.11 Å². The molecule has 108 valence electrons. The Bertz CT molecular complexity index is 477. The van der Waals surface area contributed by atoms with Gasteiger partial charge in [-0.3, -0.25) is 4.90 Å². The molecule has 1 aliphatic carbocycles. The summed E-state index contributed by atoms with van der Waals surface area (Å²) in [5.74, 6) is 1.73. The smallest absolute Gasteiger partial charge is 0.118 e. The highest BCUT2D eigenvalue weighted by Gasteiger charge is 2.32. The van der Waals surface area contributed by atoms with Crippen molar-refractivity contribution in [3.05, 3.63) is 41.5 Å². The average molecular weight is 271 g/mol. The van der Waals surface area contributed by atoms with Crippen LogP contribution in [0.3, 0.4) is 0 Å². The fourth-order valence-electron chi connectivity index (χ4n) is 3.76. The van der Waals surface area contributed by atoms with Gasteiger partial charge in [-0.25, -0.2) is 0 Å². The lowest BCUT2D eigenvalue weighted by atomic mass is 9.75. The van der Waals surface area contributed by atoms with Crippen LogP contribution in [0.5, 0.6) is 5.75 Å². The zero-order valence-electron chi connectivity index (χ0n) is 12.6. The normalized spacial score (nSPS) is 26.8. The molecule has 1 fully saturated rings. The van der Waals surface area contributed by atoms with Crippen LogP contribution in [0.2, 0.25) is 0 Å². The fraction of sp³-hybridized carbons (Fsp3) is 0.556. The first-order valence-electron chi connectivity index (χ1n) is 7.80. The molecule has 1 aromatic carbocycles. The molecule has 0 N–H and O–H groups in total. The number of benzene rings is 1. The molecule has 2 atom stereocenters. The van der Waals surface area contributed by atoms with Gasteiger partial charge in [-0.2, -0.15) is 0 Å². The van der Waals surface area contributed by atoms with Crippen LogP contribution in [0.4, 0.5) is 0 Å². The van der Waals surface area contributed by atoms with Gasteiger partial charge in [0.15, 0.2) is 0 Å². The summed E-state index contributed by atoms with van der Waals surface area (Å²) < 4.78 is 5.25. The second-order valence-electron chi connectivity index (χ2n) is 6.19. The third-order valence-electron chi connectivity index (χ3n) is 4.98. The summed E-state index contributed by atoms with van der Waals surface area (Å²) in [7, 11) is 4.00. The van der Waals surface area contributed by atoms with Gasteiger partial charge < -0.3 is 4.74 Å². The maximum Gasteiger partial charge on any atom is 0.118 e. The van der Waals surface area contributed by atoms with Gasteiger partial charge in [0.1, 0.15) is 5.75 Å². The number of fused-ring (bicyclic) bond motifs is 1. The Morgan fingerprint density at radius 2 is 2.00 bits per heavy atom. The molecular formula is C18H25NO. The summed E-state index contributed by atoms with van der Waals surface area (Å²) >= 11 is 0. The van der Waals surface area contributed by atoms with Gasteiger partial charge in [0, 0.05) is 12.6 Å². The topological polar surface area (TPSA) is 12.5 Å². The van der Waals surface area contributed by atoms with Crippen LogP contribution >= 0.6 is 0 Å². The van der Waals surface area contributed by atoms with Crippen LogP contribution < -0.4 is 4.74 Å². The number of nitrogens with zero attached hydrogens (tertiary/aromatic N) is 1. The molecule has 0 bridgehead atoms. The highest BCUT2D eigenvalue weighted by molar-refractivity contribution is 5.29. The molecular weight excluding hydrogens is 246 g/mol. The van der Waals surface area contributed by atoms with Crippen molar-refractivity contribution in [3.63, 3.8) is 0 Å². The number of hydrogen-bond acceptors (Lipinski definition) is 2. The molecule has 2 aliphatic rings. The zero-order chi connectivity index (χ0) is 13.9. The third kappa shape index (κ3) is 2.76. The third-order valence-corrected chi connectivity index (χ3v) is 4.98. The predicted molar refractivity (Wildman–Crippen MR) is 83.2 cm³/mol. The lowest BCUT2D eigenvalue weighted by molar-refractivity contribution is 0.171. The maximum absolute atomic E-state index is 5.25. The zero-order valence-corrected chi connectivity index (χ0v) is 12.6. The number of methoxy groups -OCH3 is 1. The van der Waals surface area contributed by atoms with E-state index < -0.39 is 0 Å². The van der Waals surface area contributed by atoms with E-state index in [0.717, 1.165) is 24.6 Å². The van der Waals surface area contributed by atoms with E-state index in [1.165, 1.54) is 31.2 Å². The van der Waals surface area contributed by atoms with Gasteiger partial charge in [0.25, 0.3) is 0 Å². The molecule has 2 unspecified atom stereocenters. The van der Waals surface area contributed by atoms with Crippen molar-refractivity contribution in [2.45, 2.75) is 38.1 Å². The minimum absolute atomic E-state index is 0.670. The summed E-state index contributed by atoms with van der Waals surface area (Å²) in [4.78, 5) is 2.53. The van der Waals surface area contributed by atoms with E-state index in [2.05, 4.69) is 42.3 Å². The molecule has 1 aliphatic heterocycles. The van der Waals surface area contributed by atoms with E-state index in [-0.39, 0.29) is 0 Å². The van der Waals surface area contributed by atoms with Crippen molar-refractivity contribution in [3.8, 4) is 5.75 Å². The Balaban J connectivity index is 1.75. The van der Waals surface area contributed by atoms with Gasteiger partial charge in [-0.05, 0) is 56.3 Å². The van der Waals surface area contributed by atoms with Gasteiger partial charge in [-0.1, -0.05) is 30.2 Å². The van der Waals surface area contributed by atoms with Crippen molar-refractivity contribution in [1.82, 2.24) is 4.90 Å². The van der Waals surface area contributed by atoms with Gasteiger partial charge in [0.2, 0.25) is 0 Å². The molecule has 0 radical (unpaired) electrons. The Labute approximate surface area is 122 Å². The Hall–Kier alpha value is -1.28. The van der Waals surface area contributed by atoms with Crippen molar-refractivity contribution in [2.24, 2.45) is 5.92 Å². The number of likely N-dealkylation sites (N-methyl/N-ethyl adjacent to an activating group) is 1. The molecule has 20 heavy (non-hydrogen) atoms. The minimum Gasteiger partial charge on any atom is -0.497 e. The maximum atomic E-state index is 5.25. The highest BCUT2D eigenvalue weighted by atomic mass is 16.5. The quantitative estimate of drug-likeness (QED) is 0.778. The molecule has 3 rings (SSSR count). The van der Waals surface area contributed by atoms with Crippen LogP contribution in [0, 0.1) is 5.92 Å². The highest BCUT2D eigenvalue weighted by Crippen LogP contribution is 2.37. The SMILES string of the molecule is COc1ccc(CC2C3CCCCC3=CCN2C)cc1. The van der Waals surface area contributed by atoms with E-state index in [1.807, 2.05) is 0 Å². The fourth-order valence-corrected chi connectivity index (χ4v) is 3.76. The second-order valence-corrected chi connectivity index (χ2v) is 6.19. The monoisotopic (exact) mass is 271 g/mol. The van der Waals surface area contributed by atoms with E-state index in [1.54, 1.807) is 12.7 Å². The summed E-state index contributed by atoms with van der Waals surface area (Å²) in [5, 5.41) is 0. The van der Waals surface area contributed by atoms with E-state index in [0.29, 0.717) is 6.04 Å². The lowest BCUT2D eigenvalue weighted by Gasteiger charge is -2.42. The summed E-state index contributed by atoms with van der Waals surface area (Å²) in [6.07, 6.45) is 9.13. The Morgan fingerprint density at radius 1 is 1.20 bits per heavy atom. The summed E-state index contributed by atoms with van der Waals surface area (Å²) in [6, 6.07) is 9.26. The van der Waals surface area contributed by atoms with Crippen LogP contribution in [0.15, 0.2) is 35.9 Å². The van der Waals surface area contributed by atoms with Crippen molar-refractivity contribution < 1.29 is 4.74 Å². The molecule has 1 saturated carbocycles.